The number of aryl methyl sites for hydroxylation is 1. The highest BCUT2D eigenvalue weighted by Gasteiger charge is 2.16. The molecule has 24 heavy (non-hydrogen) atoms. The van der Waals surface area contributed by atoms with Crippen molar-refractivity contribution >= 4 is 5.65 Å². The van der Waals surface area contributed by atoms with E-state index < -0.39 is 0 Å². The molecule has 8 nitrogen and oxygen atoms in total. The number of aromatic amines is 1. The summed E-state index contributed by atoms with van der Waals surface area (Å²) >= 11 is 0. The van der Waals surface area contributed by atoms with Crippen LogP contribution in [-0.2, 0) is 0 Å². The van der Waals surface area contributed by atoms with Crippen LogP contribution in [0.5, 0.6) is 5.88 Å². The Hall–Kier alpha value is -3.29. The summed E-state index contributed by atoms with van der Waals surface area (Å²) in [6.07, 6.45) is 1.15. The highest BCUT2D eigenvalue weighted by molar-refractivity contribution is 5.59. The van der Waals surface area contributed by atoms with Crippen LogP contribution in [0.15, 0.2) is 42.7 Å². The smallest absolute Gasteiger partial charge is 0.235 e. The fraction of sp³-hybridized carbons (Fsp3) is 0.188. The third-order valence-electron chi connectivity index (χ3n) is 3.68. The van der Waals surface area contributed by atoms with Gasteiger partial charge in [0.15, 0.2) is 23.4 Å². The molecule has 0 saturated heterocycles. The monoisotopic (exact) mass is 321 g/mol. The van der Waals surface area contributed by atoms with Crippen molar-refractivity contribution in [2.45, 2.75) is 20.0 Å². The average molecular weight is 321 g/mol. The van der Waals surface area contributed by atoms with E-state index in [0.29, 0.717) is 23.2 Å². The molecular formula is C16H15N7O. The minimum Gasteiger partial charge on any atom is -0.465 e. The topological polar surface area (TPSA) is 93.9 Å². The first-order valence-corrected chi connectivity index (χ1v) is 7.53. The van der Waals surface area contributed by atoms with E-state index in [4.69, 9.17) is 4.74 Å². The number of hydrogen-bond donors (Lipinski definition) is 1. The van der Waals surface area contributed by atoms with Crippen LogP contribution in [0, 0.1) is 6.92 Å². The molecule has 0 bridgehead atoms. The van der Waals surface area contributed by atoms with Crippen molar-refractivity contribution in [3.05, 3.63) is 54.1 Å². The van der Waals surface area contributed by atoms with Gasteiger partial charge in [-0.3, -0.25) is 5.10 Å². The second-order valence-corrected chi connectivity index (χ2v) is 5.42. The molecule has 3 aromatic heterocycles. The van der Waals surface area contributed by atoms with Crippen LogP contribution in [0.1, 0.15) is 24.4 Å². The summed E-state index contributed by atoms with van der Waals surface area (Å²) in [6, 6.07) is 11.7. The summed E-state index contributed by atoms with van der Waals surface area (Å²) in [5.41, 5.74) is 2.49. The number of ether oxygens (including phenoxy) is 1. The molecule has 3 heterocycles. The van der Waals surface area contributed by atoms with E-state index in [0.717, 1.165) is 11.1 Å². The van der Waals surface area contributed by atoms with E-state index in [-0.39, 0.29) is 6.10 Å². The first kappa shape index (κ1) is 14.3. The molecule has 1 aromatic carbocycles. The second kappa shape index (κ2) is 5.73. The standard InChI is InChI=1S/C16H15N7O/c1-10-8-13-19-21-15(12-6-4-3-5-7-12)23(13)22-16(10)24-11(2)14-17-9-18-20-14/h3-9,11H,1-2H3,(H,17,18,20). The Labute approximate surface area is 137 Å². The second-order valence-electron chi connectivity index (χ2n) is 5.42. The molecule has 0 amide bonds. The molecule has 0 aliphatic rings. The Morgan fingerprint density at radius 3 is 2.75 bits per heavy atom. The lowest BCUT2D eigenvalue weighted by Crippen LogP contribution is -2.09. The van der Waals surface area contributed by atoms with Gasteiger partial charge in [-0.05, 0) is 19.9 Å². The van der Waals surface area contributed by atoms with Gasteiger partial charge in [-0.2, -0.15) is 9.61 Å². The zero-order chi connectivity index (χ0) is 16.5. The van der Waals surface area contributed by atoms with E-state index in [1.165, 1.54) is 6.33 Å². The normalized spacial score (nSPS) is 12.4. The van der Waals surface area contributed by atoms with E-state index in [1.54, 1.807) is 4.52 Å². The van der Waals surface area contributed by atoms with E-state index >= 15 is 0 Å². The Bertz CT molecular complexity index is 963. The van der Waals surface area contributed by atoms with Crippen LogP contribution in [-0.4, -0.2) is 35.0 Å². The SMILES string of the molecule is Cc1cc2nnc(-c3ccccc3)n2nc1OC(C)c1ncn[nH]1. The molecule has 0 aliphatic heterocycles. The van der Waals surface area contributed by atoms with Crippen molar-refractivity contribution in [1.29, 1.82) is 0 Å². The Balaban J connectivity index is 1.75. The first-order valence-electron chi connectivity index (χ1n) is 7.53. The van der Waals surface area contributed by atoms with Crippen molar-refractivity contribution < 1.29 is 4.74 Å². The van der Waals surface area contributed by atoms with Crippen molar-refractivity contribution in [1.82, 2.24) is 35.0 Å². The summed E-state index contributed by atoms with van der Waals surface area (Å²) in [7, 11) is 0. The summed E-state index contributed by atoms with van der Waals surface area (Å²) in [4.78, 5) is 4.11. The Morgan fingerprint density at radius 2 is 2.00 bits per heavy atom. The van der Waals surface area contributed by atoms with E-state index in [9.17, 15) is 0 Å². The molecule has 4 rings (SSSR count). The summed E-state index contributed by atoms with van der Waals surface area (Å²) < 4.78 is 7.62. The molecule has 120 valence electrons. The van der Waals surface area contributed by atoms with E-state index in [1.807, 2.05) is 50.2 Å². The molecule has 0 radical (unpaired) electrons. The molecular weight excluding hydrogens is 306 g/mol. The van der Waals surface area contributed by atoms with Gasteiger partial charge in [0.25, 0.3) is 0 Å². The first-order chi connectivity index (χ1) is 11.7. The van der Waals surface area contributed by atoms with Gasteiger partial charge in [0, 0.05) is 11.1 Å². The molecule has 0 fully saturated rings. The van der Waals surface area contributed by atoms with Crippen LogP contribution in [0.4, 0.5) is 0 Å². The highest BCUT2D eigenvalue weighted by Crippen LogP contribution is 2.24. The molecule has 1 unspecified atom stereocenters. The number of fused-ring (bicyclic) bond motifs is 1. The number of rotatable bonds is 4. The lowest BCUT2D eigenvalue weighted by molar-refractivity contribution is 0.203. The zero-order valence-corrected chi connectivity index (χ0v) is 13.2. The van der Waals surface area contributed by atoms with Crippen LogP contribution in [0.2, 0.25) is 0 Å². The van der Waals surface area contributed by atoms with Gasteiger partial charge in [-0.25, -0.2) is 4.98 Å². The average Bonchev–Trinajstić information content (AvgIpc) is 3.25. The third kappa shape index (κ3) is 2.47. The van der Waals surface area contributed by atoms with Gasteiger partial charge >= 0.3 is 0 Å². The maximum Gasteiger partial charge on any atom is 0.235 e. The number of nitrogens with zero attached hydrogens (tertiary/aromatic N) is 6. The van der Waals surface area contributed by atoms with Crippen LogP contribution in [0.3, 0.4) is 0 Å². The van der Waals surface area contributed by atoms with Crippen LogP contribution >= 0.6 is 0 Å². The Morgan fingerprint density at radius 1 is 1.17 bits per heavy atom. The molecule has 0 aliphatic carbocycles. The highest BCUT2D eigenvalue weighted by atomic mass is 16.5. The van der Waals surface area contributed by atoms with Crippen molar-refractivity contribution in [3.8, 4) is 17.3 Å². The van der Waals surface area contributed by atoms with Gasteiger partial charge < -0.3 is 4.74 Å². The molecule has 0 spiro atoms. The predicted octanol–water partition coefficient (Wildman–Crippen LogP) is 2.36. The summed E-state index contributed by atoms with van der Waals surface area (Å²) in [5.74, 6) is 1.81. The van der Waals surface area contributed by atoms with Gasteiger partial charge in [-0.15, -0.1) is 15.3 Å². The number of benzene rings is 1. The van der Waals surface area contributed by atoms with Crippen LogP contribution < -0.4 is 4.74 Å². The molecule has 8 heteroatoms. The minimum absolute atomic E-state index is 0.298. The molecule has 0 saturated carbocycles. The largest absolute Gasteiger partial charge is 0.465 e. The Kier molecular flexibility index (Phi) is 3.42. The third-order valence-corrected chi connectivity index (χ3v) is 3.68. The fourth-order valence-corrected chi connectivity index (χ4v) is 2.42. The number of nitrogens with one attached hydrogen (secondary N) is 1. The van der Waals surface area contributed by atoms with Crippen molar-refractivity contribution in [3.63, 3.8) is 0 Å². The van der Waals surface area contributed by atoms with Crippen molar-refractivity contribution in [2.75, 3.05) is 0 Å². The van der Waals surface area contributed by atoms with Crippen molar-refractivity contribution in [2.24, 2.45) is 0 Å². The number of aromatic nitrogens is 7. The van der Waals surface area contributed by atoms with Crippen LogP contribution in [0.25, 0.3) is 17.0 Å². The number of hydrogen-bond acceptors (Lipinski definition) is 6. The quantitative estimate of drug-likeness (QED) is 0.620. The lowest BCUT2D eigenvalue weighted by atomic mass is 10.2. The molecule has 4 aromatic rings. The number of H-pyrrole nitrogens is 1. The van der Waals surface area contributed by atoms with E-state index in [2.05, 4.69) is 30.5 Å². The predicted molar refractivity (Wildman–Crippen MR) is 86.4 cm³/mol. The van der Waals surface area contributed by atoms with Gasteiger partial charge in [0.05, 0.1) is 0 Å². The molecule has 1 N–H and O–H groups in total. The maximum atomic E-state index is 5.94. The van der Waals surface area contributed by atoms with Gasteiger partial charge in [0.1, 0.15) is 6.33 Å². The van der Waals surface area contributed by atoms with Gasteiger partial charge in [-0.1, -0.05) is 30.3 Å². The summed E-state index contributed by atoms with van der Waals surface area (Å²) in [6.45, 7) is 3.81. The molecule has 1 atom stereocenters. The lowest BCUT2D eigenvalue weighted by Gasteiger charge is -2.13. The zero-order valence-electron chi connectivity index (χ0n) is 13.2. The summed E-state index contributed by atoms with van der Waals surface area (Å²) in [5, 5.41) is 19.6. The minimum atomic E-state index is -0.298. The fourth-order valence-electron chi connectivity index (χ4n) is 2.42. The van der Waals surface area contributed by atoms with Gasteiger partial charge in [0.2, 0.25) is 5.88 Å². The maximum absolute atomic E-state index is 5.94.